The molecule has 1 aromatic carbocycles. The molecule has 1 rings (SSSR count). The molecule has 0 aliphatic heterocycles. The molecule has 0 N–H and O–H groups in total. The van der Waals surface area contributed by atoms with Gasteiger partial charge in [0, 0.05) is 5.02 Å². The highest BCUT2D eigenvalue weighted by molar-refractivity contribution is 6.30. The molecule has 0 saturated heterocycles. The van der Waals surface area contributed by atoms with Gasteiger partial charge in [-0.3, -0.25) is 0 Å². The van der Waals surface area contributed by atoms with Crippen LogP contribution in [0.4, 0.5) is 4.39 Å². The molecule has 0 heterocycles. The summed E-state index contributed by atoms with van der Waals surface area (Å²) in [5, 5.41) is 0.650. The SMILES string of the molecule is CC[C@@H](F)c1ccc(Cl)cc1. The lowest BCUT2D eigenvalue weighted by Gasteiger charge is -2.03. The number of hydrogen-bond donors (Lipinski definition) is 0. The Morgan fingerprint density at radius 2 is 1.91 bits per heavy atom. The van der Waals surface area contributed by atoms with Crippen LogP contribution in [-0.4, -0.2) is 0 Å². The Labute approximate surface area is 71.0 Å². The van der Waals surface area contributed by atoms with Crippen LogP contribution in [0.25, 0.3) is 0 Å². The molecule has 0 aliphatic rings. The van der Waals surface area contributed by atoms with Crippen LogP contribution in [0.3, 0.4) is 0 Å². The summed E-state index contributed by atoms with van der Waals surface area (Å²) < 4.78 is 13.0. The smallest absolute Gasteiger partial charge is 0.125 e. The molecule has 60 valence electrons. The second kappa shape index (κ2) is 3.72. The van der Waals surface area contributed by atoms with Crippen molar-refractivity contribution < 1.29 is 4.39 Å². The number of hydrogen-bond acceptors (Lipinski definition) is 0. The summed E-state index contributed by atoms with van der Waals surface area (Å²) in [6.45, 7) is 1.82. The highest BCUT2D eigenvalue weighted by atomic mass is 35.5. The van der Waals surface area contributed by atoms with Crippen molar-refractivity contribution >= 4 is 11.6 Å². The molecule has 0 fully saturated rings. The van der Waals surface area contributed by atoms with E-state index in [0.717, 1.165) is 0 Å². The fourth-order valence-corrected chi connectivity index (χ4v) is 1.03. The number of rotatable bonds is 2. The standard InChI is InChI=1S/C9H10ClF/c1-2-9(11)7-3-5-8(10)6-4-7/h3-6,9H,2H2,1H3/t9-/m1/s1. The zero-order valence-electron chi connectivity index (χ0n) is 6.35. The summed E-state index contributed by atoms with van der Waals surface area (Å²) in [6, 6.07) is 6.85. The summed E-state index contributed by atoms with van der Waals surface area (Å²) in [4.78, 5) is 0. The van der Waals surface area contributed by atoms with E-state index in [9.17, 15) is 4.39 Å². The van der Waals surface area contributed by atoms with Crippen LogP contribution in [0.15, 0.2) is 24.3 Å². The minimum Gasteiger partial charge on any atom is -0.242 e. The summed E-state index contributed by atoms with van der Waals surface area (Å²) in [7, 11) is 0. The maximum Gasteiger partial charge on any atom is 0.125 e. The Kier molecular flexibility index (Phi) is 2.89. The molecule has 0 radical (unpaired) electrons. The first-order chi connectivity index (χ1) is 5.24. The van der Waals surface area contributed by atoms with Gasteiger partial charge in [0.1, 0.15) is 6.17 Å². The van der Waals surface area contributed by atoms with Gasteiger partial charge in [-0.25, -0.2) is 4.39 Å². The highest BCUT2D eigenvalue weighted by Crippen LogP contribution is 2.21. The van der Waals surface area contributed by atoms with Crippen LogP contribution in [0.5, 0.6) is 0 Å². The van der Waals surface area contributed by atoms with Gasteiger partial charge in [-0.1, -0.05) is 30.7 Å². The molecule has 1 aromatic rings. The molecule has 0 unspecified atom stereocenters. The predicted molar refractivity (Wildman–Crippen MR) is 45.6 cm³/mol. The molecule has 0 nitrogen and oxygen atoms in total. The van der Waals surface area contributed by atoms with Crippen LogP contribution in [0, 0.1) is 0 Å². The summed E-state index contributed by atoms with van der Waals surface area (Å²) in [5.74, 6) is 0. The van der Waals surface area contributed by atoms with E-state index in [1.54, 1.807) is 24.3 Å². The van der Waals surface area contributed by atoms with Gasteiger partial charge in [0.15, 0.2) is 0 Å². The maximum atomic E-state index is 13.0. The quantitative estimate of drug-likeness (QED) is 0.637. The first-order valence-electron chi connectivity index (χ1n) is 3.63. The third kappa shape index (κ3) is 2.19. The molecular formula is C9H10ClF. The third-order valence-corrected chi connectivity index (χ3v) is 1.84. The van der Waals surface area contributed by atoms with Crippen molar-refractivity contribution in [2.24, 2.45) is 0 Å². The van der Waals surface area contributed by atoms with Gasteiger partial charge in [-0.2, -0.15) is 0 Å². The van der Waals surface area contributed by atoms with Crippen molar-refractivity contribution in [2.75, 3.05) is 0 Å². The number of alkyl halides is 1. The summed E-state index contributed by atoms with van der Waals surface area (Å²) >= 11 is 5.64. The van der Waals surface area contributed by atoms with E-state index in [2.05, 4.69) is 0 Å². The van der Waals surface area contributed by atoms with Gasteiger partial charge in [-0.15, -0.1) is 0 Å². The monoisotopic (exact) mass is 172 g/mol. The lowest BCUT2D eigenvalue weighted by molar-refractivity contribution is 0.334. The zero-order valence-corrected chi connectivity index (χ0v) is 7.11. The van der Waals surface area contributed by atoms with E-state index >= 15 is 0 Å². The van der Waals surface area contributed by atoms with Crippen molar-refractivity contribution in [3.63, 3.8) is 0 Å². The second-order valence-corrected chi connectivity index (χ2v) is 2.86. The summed E-state index contributed by atoms with van der Waals surface area (Å²) in [5.41, 5.74) is 0.705. The molecule has 0 spiro atoms. The van der Waals surface area contributed by atoms with Gasteiger partial charge in [-0.05, 0) is 24.1 Å². The zero-order chi connectivity index (χ0) is 8.27. The molecular weight excluding hydrogens is 163 g/mol. The minimum atomic E-state index is -0.854. The Hall–Kier alpha value is -0.560. The Morgan fingerprint density at radius 3 is 2.36 bits per heavy atom. The minimum absolute atomic E-state index is 0.516. The van der Waals surface area contributed by atoms with Gasteiger partial charge >= 0.3 is 0 Å². The van der Waals surface area contributed by atoms with Gasteiger partial charge in [0.2, 0.25) is 0 Å². The molecule has 0 aliphatic carbocycles. The van der Waals surface area contributed by atoms with Gasteiger partial charge < -0.3 is 0 Å². The lowest BCUT2D eigenvalue weighted by Crippen LogP contribution is -1.87. The van der Waals surface area contributed by atoms with Crippen LogP contribution in [0.1, 0.15) is 25.1 Å². The Morgan fingerprint density at radius 1 is 1.36 bits per heavy atom. The molecule has 0 saturated carbocycles. The van der Waals surface area contributed by atoms with Crippen LogP contribution in [0.2, 0.25) is 5.02 Å². The van der Waals surface area contributed by atoms with Gasteiger partial charge in [0.25, 0.3) is 0 Å². The fraction of sp³-hybridized carbons (Fsp3) is 0.333. The summed E-state index contributed by atoms with van der Waals surface area (Å²) in [6.07, 6.45) is -0.339. The first kappa shape index (κ1) is 8.54. The maximum absolute atomic E-state index is 13.0. The van der Waals surface area contributed by atoms with Crippen LogP contribution < -0.4 is 0 Å². The topological polar surface area (TPSA) is 0 Å². The molecule has 2 heteroatoms. The van der Waals surface area contributed by atoms with E-state index in [1.165, 1.54) is 0 Å². The number of benzene rings is 1. The van der Waals surface area contributed by atoms with E-state index < -0.39 is 6.17 Å². The largest absolute Gasteiger partial charge is 0.242 e. The van der Waals surface area contributed by atoms with Crippen molar-refractivity contribution in [1.82, 2.24) is 0 Å². The molecule has 11 heavy (non-hydrogen) atoms. The first-order valence-corrected chi connectivity index (χ1v) is 4.01. The van der Waals surface area contributed by atoms with Crippen molar-refractivity contribution in [3.05, 3.63) is 34.9 Å². The van der Waals surface area contributed by atoms with Crippen molar-refractivity contribution in [1.29, 1.82) is 0 Å². The molecule has 1 atom stereocenters. The Bertz CT molecular complexity index is 218. The molecule has 0 amide bonds. The molecule has 0 aromatic heterocycles. The fourth-order valence-electron chi connectivity index (χ4n) is 0.907. The average molecular weight is 173 g/mol. The second-order valence-electron chi connectivity index (χ2n) is 2.43. The predicted octanol–water partition coefficient (Wildman–Crippen LogP) is 3.76. The lowest BCUT2D eigenvalue weighted by atomic mass is 10.1. The van der Waals surface area contributed by atoms with Crippen molar-refractivity contribution in [2.45, 2.75) is 19.5 Å². The van der Waals surface area contributed by atoms with Crippen LogP contribution in [-0.2, 0) is 0 Å². The van der Waals surface area contributed by atoms with Crippen LogP contribution >= 0.6 is 11.6 Å². The normalized spacial score (nSPS) is 13.0. The molecule has 0 bridgehead atoms. The highest BCUT2D eigenvalue weighted by Gasteiger charge is 2.04. The van der Waals surface area contributed by atoms with Gasteiger partial charge in [0.05, 0.1) is 0 Å². The van der Waals surface area contributed by atoms with E-state index in [0.29, 0.717) is 17.0 Å². The van der Waals surface area contributed by atoms with E-state index in [1.807, 2.05) is 6.92 Å². The third-order valence-electron chi connectivity index (χ3n) is 1.59. The van der Waals surface area contributed by atoms with E-state index in [4.69, 9.17) is 11.6 Å². The van der Waals surface area contributed by atoms with Crippen molar-refractivity contribution in [3.8, 4) is 0 Å². The Balaban J connectivity index is 2.81. The van der Waals surface area contributed by atoms with E-state index in [-0.39, 0.29) is 0 Å². The average Bonchev–Trinajstić information content (AvgIpc) is 2.05. The number of halogens is 2.